The zero-order valence-corrected chi connectivity index (χ0v) is 14.7. The summed E-state index contributed by atoms with van der Waals surface area (Å²) in [5, 5.41) is 0.152. The molecule has 0 aromatic carbocycles. The number of hydrogen-bond donors (Lipinski definition) is 0. The van der Waals surface area contributed by atoms with Crippen LogP contribution in [0.3, 0.4) is 0 Å². The van der Waals surface area contributed by atoms with Crippen LogP contribution in [0, 0.1) is 0 Å². The Balaban J connectivity index is 4.19. The quantitative estimate of drug-likeness (QED) is 0.255. The van der Waals surface area contributed by atoms with Gasteiger partial charge in [-0.2, -0.15) is 0 Å². The highest BCUT2D eigenvalue weighted by Gasteiger charge is 2.38. The van der Waals surface area contributed by atoms with Crippen molar-refractivity contribution in [3.05, 3.63) is 12.2 Å². The van der Waals surface area contributed by atoms with Gasteiger partial charge in [-0.3, -0.25) is 0 Å². The molecule has 0 fully saturated rings. The Morgan fingerprint density at radius 1 is 1.16 bits per heavy atom. The van der Waals surface area contributed by atoms with Gasteiger partial charge in [0, 0.05) is 0 Å². The lowest BCUT2D eigenvalue weighted by atomic mass is 10.2. The van der Waals surface area contributed by atoms with Gasteiger partial charge in [0.1, 0.15) is 12.4 Å². The first kappa shape index (κ1) is 18.6. The Hall–Kier alpha value is -0.413. The SMILES string of the molecule is CCCCC/C=C\CC(C=O)O[Si](C)(C)C(C)(C)C. The zero-order chi connectivity index (χ0) is 14.9. The zero-order valence-electron chi connectivity index (χ0n) is 13.7. The van der Waals surface area contributed by atoms with Gasteiger partial charge in [-0.05, 0) is 37.4 Å². The lowest BCUT2D eigenvalue weighted by Crippen LogP contribution is -2.44. The average Bonchev–Trinajstić information content (AvgIpc) is 2.30. The minimum atomic E-state index is -1.84. The Bertz CT molecular complexity index is 277. The Kier molecular flexibility index (Phi) is 8.51. The van der Waals surface area contributed by atoms with Crippen molar-refractivity contribution in [2.45, 2.75) is 84.0 Å². The summed E-state index contributed by atoms with van der Waals surface area (Å²) in [5.41, 5.74) is 0. The van der Waals surface area contributed by atoms with E-state index in [0.717, 1.165) is 12.7 Å². The summed E-state index contributed by atoms with van der Waals surface area (Å²) in [6.45, 7) is 13.2. The molecule has 0 aromatic heterocycles. The molecule has 1 unspecified atom stereocenters. The fourth-order valence-corrected chi connectivity index (χ4v) is 2.81. The molecule has 19 heavy (non-hydrogen) atoms. The molecular formula is C16H32O2Si. The van der Waals surface area contributed by atoms with Gasteiger partial charge in [0.25, 0.3) is 0 Å². The minimum Gasteiger partial charge on any atom is -0.407 e. The molecule has 0 N–H and O–H groups in total. The first-order valence-corrected chi connectivity index (χ1v) is 10.4. The van der Waals surface area contributed by atoms with Crippen molar-refractivity contribution in [3.8, 4) is 0 Å². The lowest BCUT2D eigenvalue weighted by molar-refractivity contribution is -0.114. The summed E-state index contributed by atoms with van der Waals surface area (Å²) in [4.78, 5) is 11.1. The number of hydrogen-bond acceptors (Lipinski definition) is 2. The summed E-state index contributed by atoms with van der Waals surface area (Å²) in [6, 6.07) is 0. The molecule has 0 aromatic rings. The summed E-state index contributed by atoms with van der Waals surface area (Å²) in [6.07, 6.45) is 10.5. The Morgan fingerprint density at radius 3 is 2.26 bits per heavy atom. The molecule has 112 valence electrons. The van der Waals surface area contributed by atoms with Gasteiger partial charge in [-0.25, -0.2) is 0 Å². The molecule has 0 radical (unpaired) electrons. The van der Waals surface area contributed by atoms with Crippen LogP contribution in [-0.2, 0) is 9.22 Å². The highest BCUT2D eigenvalue weighted by Crippen LogP contribution is 2.37. The fraction of sp³-hybridized carbons (Fsp3) is 0.812. The molecule has 2 nitrogen and oxygen atoms in total. The molecule has 3 heteroatoms. The maximum atomic E-state index is 11.1. The number of carbonyl (C=O) groups excluding carboxylic acids is 1. The van der Waals surface area contributed by atoms with Crippen LogP contribution in [0.25, 0.3) is 0 Å². The maximum Gasteiger partial charge on any atom is 0.193 e. The highest BCUT2D eigenvalue weighted by atomic mass is 28.4. The average molecular weight is 285 g/mol. The molecule has 0 saturated heterocycles. The van der Waals surface area contributed by atoms with Gasteiger partial charge in [-0.1, -0.05) is 52.7 Å². The van der Waals surface area contributed by atoms with Crippen LogP contribution in [-0.4, -0.2) is 20.7 Å². The van der Waals surface area contributed by atoms with E-state index in [2.05, 4.69) is 52.9 Å². The molecule has 0 aliphatic carbocycles. The first-order valence-electron chi connectivity index (χ1n) is 7.52. The van der Waals surface area contributed by atoms with E-state index in [9.17, 15) is 4.79 Å². The van der Waals surface area contributed by atoms with E-state index in [1.54, 1.807) is 0 Å². The van der Waals surface area contributed by atoms with Crippen molar-refractivity contribution < 1.29 is 9.22 Å². The fourth-order valence-electron chi connectivity index (χ4n) is 1.55. The Morgan fingerprint density at radius 2 is 1.79 bits per heavy atom. The highest BCUT2D eigenvalue weighted by molar-refractivity contribution is 6.74. The maximum absolute atomic E-state index is 11.1. The minimum absolute atomic E-state index is 0.152. The van der Waals surface area contributed by atoms with E-state index in [1.807, 2.05) is 0 Å². The molecule has 0 heterocycles. The third kappa shape index (κ3) is 7.68. The molecular weight excluding hydrogens is 252 g/mol. The summed E-state index contributed by atoms with van der Waals surface area (Å²) < 4.78 is 6.10. The van der Waals surface area contributed by atoms with E-state index >= 15 is 0 Å². The summed E-state index contributed by atoms with van der Waals surface area (Å²) in [7, 11) is -1.84. The second kappa shape index (κ2) is 8.70. The molecule has 0 rings (SSSR count). The van der Waals surface area contributed by atoms with Crippen LogP contribution in [0.1, 0.15) is 59.8 Å². The van der Waals surface area contributed by atoms with Crippen LogP contribution in [0.4, 0.5) is 0 Å². The second-order valence-electron chi connectivity index (χ2n) is 6.76. The smallest absolute Gasteiger partial charge is 0.193 e. The van der Waals surface area contributed by atoms with E-state index in [-0.39, 0.29) is 11.1 Å². The van der Waals surface area contributed by atoms with Crippen molar-refractivity contribution >= 4 is 14.6 Å². The Labute approximate surface area is 120 Å². The van der Waals surface area contributed by atoms with Gasteiger partial charge in [0.2, 0.25) is 0 Å². The van der Waals surface area contributed by atoms with Crippen molar-refractivity contribution in [1.82, 2.24) is 0 Å². The van der Waals surface area contributed by atoms with Crippen LogP contribution < -0.4 is 0 Å². The topological polar surface area (TPSA) is 26.3 Å². The number of carbonyl (C=O) groups is 1. The third-order valence-electron chi connectivity index (χ3n) is 3.91. The molecule has 1 atom stereocenters. The summed E-state index contributed by atoms with van der Waals surface area (Å²) >= 11 is 0. The predicted octanol–water partition coefficient (Wildman–Crippen LogP) is 5.10. The van der Waals surface area contributed by atoms with Gasteiger partial charge >= 0.3 is 0 Å². The van der Waals surface area contributed by atoms with Crippen molar-refractivity contribution in [3.63, 3.8) is 0 Å². The third-order valence-corrected chi connectivity index (χ3v) is 8.42. The molecule has 0 bridgehead atoms. The van der Waals surface area contributed by atoms with Crippen molar-refractivity contribution in [1.29, 1.82) is 0 Å². The number of unbranched alkanes of at least 4 members (excludes halogenated alkanes) is 3. The van der Waals surface area contributed by atoms with E-state index in [1.165, 1.54) is 19.3 Å². The largest absolute Gasteiger partial charge is 0.407 e. The number of allylic oxidation sites excluding steroid dienone is 1. The van der Waals surface area contributed by atoms with E-state index in [4.69, 9.17) is 4.43 Å². The van der Waals surface area contributed by atoms with Crippen LogP contribution in [0.2, 0.25) is 18.1 Å². The standard InChI is InChI=1S/C16H32O2Si/c1-7-8-9-10-11-12-13-15(14-17)18-19(5,6)16(2,3)4/h11-12,14-15H,7-10,13H2,1-6H3/b12-11-. The number of aldehydes is 1. The molecule has 0 aliphatic rings. The molecule has 0 saturated carbocycles. The first-order chi connectivity index (χ1) is 8.74. The van der Waals surface area contributed by atoms with Crippen LogP contribution in [0.5, 0.6) is 0 Å². The van der Waals surface area contributed by atoms with Crippen LogP contribution in [0.15, 0.2) is 12.2 Å². The van der Waals surface area contributed by atoms with Crippen molar-refractivity contribution in [2.75, 3.05) is 0 Å². The van der Waals surface area contributed by atoms with Gasteiger partial charge in [-0.15, -0.1) is 0 Å². The number of rotatable bonds is 9. The molecule has 0 aliphatic heterocycles. The lowest BCUT2D eigenvalue weighted by Gasteiger charge is -2.37. The molecule has 0 amide bonds. The monoisotopic (exact) mass is 284 g/mol. The van der Waals surface area contributed by atoms with Gasteiger partial charge in [0.15, 0.2) is 8.32 Å². The van der Waals surface area contributed by atoms with Gasteiger partial charge in [0.05, 0.1) is 0 Å². The summed E-state index contributed by atoms with van der Waals surface area (Å²) in [5.74, 6) is 0. The second-order valence-corrected chi connectivity index (χ2v) is 11.5. The molecule has 0 spiro atoms. The van der Waals surface area contributed by atoms with Crippen molar-refractivity contribution in [2.24, 2.45) is 0 Å². The van der Waals surface area contributed by atoms with Crippen LogP contribution >= 0.6 is 0 Å². The van der Waals surface area contributed by atoms with Gasteiger partial charge < -0.3 is 9.22 Å². The predicted molar refractivity (Wildman–Crippen MR) is 86.0 cm³/mol. The van der Waals surface area contributed by atoms with E-state index in [0.29, 0.717) is 6.42 Å². The van der Waals surface area contributed by atoms with E-state index < -0.39 is 8.32 Å². The normalized spacial score (nSPS) is 14.8.